The molecule has 0 bridgehead atoms. The highest BCUT2D eigenvalue weighted by Gasteiger charge is 2.14. The number of nitrogens with zero attached hydrogens (tertiary/aromatic N) is 3. The van der Waals surface area contributed by atoms with Crippen LogP contribution in [0.1, 0.15) is 0 Å². The lowest BCUT2D eigenvalue weighted by atomic mass is 9.95. The summed E-state index contributed by atoms with van der Waals surface area (Å²) >= 11 is 0. The number of hydrogen-bond acceptors (Lipinski definition) is 2. The van der Waals surface area contributed by atoms with Crippen LogP contribution in [0.4, 0.5) is 0 Å². The van der Waals surface area contributed by atoms with Gasteiger partial charge in [0.2, 0.25) is 0 Å². The third kappa shape index (κ3) is 3.87. The fourth-order valence-corrected chi connectivity index (χ4v) is 5.21. The Balaban J connectivity index is 1.37. The van der Waals surface area contributed by atoms with Crippen LogP contribution in [-0.2, 0) is 0 Å². The topological polar surface area (TPSA) is 30.7 Å². The fraction of sp³-hybridized carbons (Fsp3) is 0. The van der Waals surface area contributed by atoms with E-state index in [1.165, 1.54) is 27.3 Å². The maximum Gasteiger partial charge on any atom is 0.160 e. The van der Waals surface area contributed by atoms with Crippen molar-refractivity contribution in [2.75, 3.05) is 0 Å². The number of benzene rings is 5. The molecule has 0 radical (unpaired) electrons. The summed E-state index contributed by atoms with van der Waals surface area (Å²) in [4.78, 5) is 9.90. The Morgan fingerprint density at radius 1 is 0.474 bits per heavy atom. The van der Waals surface area contributed by atoms with Crippen molar-refractivity contribution in [1.82, 2.24) is 14.5 Å². The highest BCUT2D eigenvalue weighted by atomic mass is 15.0. The zero-order valence-corrected chi connectivity index (χ0v) is 21.0. The minimum Gasteiger partial charge on any atom is -0.309 e. The van der Waals surface area contributed by atoms with Crippen molar-refractivity contribution in [2.45, 2.75) is 0 Å². The Bertz CT molecular complexity index is 1850. The van der Waals surface area contributed by atoms with Crippen LogP contribution < -0.4 is 5.46 Å². The Kier molecular flexibility index (Phi) is 5.37. The second-order valence-corrected chi connectivity index (χ2v) is 9.61. The van der Waals surface area contributed by atoms with E-state index in [1.807, 2.05) is 36.4 Å². The van der Waals surface area contributed by atoms with E-state index in [1.54, 1.807) is 0 Å². The van der Waals surface area contributed by atoms with Gasteiger partial charge in [-0.25, -0.2) is 9.97 Å². The molecule has 5 aromatic carbocycles. The van der Waals surface area contributed by atoms with Gasteiger partial charge in [-0.1, -0.05) is 109 Å². The first kappa shape index (κ1) is 22.3. The van der Waals surface area contributed by atoms with Gasteiger partial charge in [0, 0.05) is 33.2 Å². The fourth-order valence-electron chi connectivity index (χ4n) is 5.21. The third-order valence-electron chi connectivity index (χ3n) is 7.08. The van der Waals surface area contributed by atoms with Gasteiger partial charge in [-0.3, -0.25) is 0 Å². The van der Waals surface area contributed by atoms with Crippen LogP contribution in [-0.4, -0.2) is 22.4 Å². The number of para-hydroxylation sites is 1. The van der Waals surface area contributed by atoms with E-state index in [0.29, 0.717) is 0 Å². The first-order chi connectivity index (χ1) is 18.7. The summed E-state index contributed by atoms with van der Waals surface area (Å²) in [7, 11) is 2.15. The Morgan fingerprint density at radius 2 is 1.05 bits per heavy atom. The van der Waals surface area contributed by atoms with Crippen LogP contribution in [0.5, 0.6) is 0 Å². The molecule has 0 fully saturated rings. The van der Waals surface area contributed by atoms with Crippen LogP contribution >= 0.6 is 0 Å². The molecule has 2 aromatic heterocycles. The maximum absolute atomic E-state index is 4.99. The number of aromatic nitrogens is 3. The van der Waals surface area contributed by atoms with Gasteiger partial charge in [0.1, 0.15) is 7.85 Å². The average Bonchev–Trinajstić information content (AvgIpc) is 3.31. The molecule has 0 unspecified atom stereocenters. The SMILES string of the molecule is Bc1ccc2c3ccccc3n(-c3ccc(-c4cc(-c5ccccc5)nc(-c5ccccc5)n4)cc3)c2c1. The molecule has 7 rings (SSSR count). The van der Waals surface area contributed by atoms with Gasteiger partial charge in [0.05, 0.1) is 22.4 Å². The summed E-state index contributed by atoms with van der Waals surface area (Å²) in [5.74, 6) is 0.726. The van der Waals surface area contributed by atoms with E-state index in [4.69, 9.17) is 9.97 Å². The lowest BCUT2D eigenvalue weighted by Crippen LogP contribution is -2.02. The van der Waals surface area contributed by atoms with Crippen molar-refractivity contribution in [1.29, 1.82) is 0 Å². The van der Waals surface area contributed by atoms with Gasteiger partial charge >= 0.3 is 0 Å². The molecule has 0 spiro atoms. The minimum absolute atomic E-state index is 0.726. The Morgan fingerprint density at radius 3 is 1.76 bits per heavy atom. The average molecular weight is 485 g/mol. The minimum atomic E-state index is 0.726. The van der Waals surface area contributed by atoms with Gasteiger partial charge < -0.3 is 4.57 Å². The molecular weight excluding hydrogens is 461 g/mol. The van der Waals surface area contributed by atoms with Crippen molar-refractivity contribution in [3.8, 4) is 39.6 Å². The molecule has 0 aliphatic rings. The molecule has 2 heterocycles. The molecule has 0 N–H and O–H groups in total. The predicted octanol–water partition coefficient (Wildman–Crippen LogP) is 6.83. The second kappa shape index (κ2) is 9.17. The molecule has 0 aliphatic heterocycles. The van der Waals surface area contributed by atoms with Crippen LogP contribution in [0.2, 0.25) is 0 Å². The molecule has 0 atom stereocenters. The Labute approximate surface area is 222 Å². The van der Waals surface area contributed by atoms with Crippen LogP contribution in [0, 0.1) is 0 Å². The van der Waals surface area contributed by atoms with Crippen molar-refractivity contribution in [2.24, 2.45) is 0 Å². The zero-order chi connectivity index (χ0) is 25.5. The van der Waals surface area contributed by atoms with Gasteiger partial charge in [-0.05, 0) is 30.3 Å². The first-order valence-electron chi connectivity index (χ1n) is 12.9. The van der Waals surface area contributed by atoms with Gasteiger partial charge in [0.15, 0.2) is 5.82 Å². The highest BCUT2D eigenvalue weighted by molar-refractivity contribution is 6.33. The molecule has 178 valence electrons. The van der Waals surface area contributed by atoms with E-state index in [9.17, 15) is 0 Å². The van der Waals surface area contributed by atoms with Crippen molar-refractivity contribution < 1.29 is 0 Å². The largest absolute Gasteiger partial charge is 0.309 e. The van der Waals surface area contributed by atoms with E-state index in [0.717, 1.165) is 39.6 Å². The molecule has 0 aliphatic carbocycles. The summed E-state index contributed by atoms with van der Waals surface area (Å²) in [5.41, 5.74) is 9.77. The van der Waals surface area contributed by atoms with Crippen molar-refractivity contribution in [3.63, 3.8) is 0 Å². The van der Waals surface area contributed by atoms with E-state index < -0.39 is 0 Å². The molecular formula is C34H24BN3. The number of rotatable bonds is 4. The lowest BCUT2D eigenvalue weighted by Gasteiger charge is -2.11. The van der Waals surface area contributed by atoms with E-state index in [-0.39, 0.29) is 0 Å². The highest BCUT2D eigenvalue weighted by Crippen LogP contribution is 2.33. The predicted molar refractivity (Wildman–Crippen MR) is 161 cm³/mol. The molecule has 0 saturated carbocycles. The summed E-state index contributed by atoms with van der Waals surface area (Å²) in [6, 6.07) is 46.6. The van der Waals surface area contributed by atoms with Gasteiger partial charge in [-0.15, -0.1) is 0 Å². The number of fused-ring (bicyclic) bond motifs is 3. The smallest absolute Gasteiger partial charge is 0.160 e. The summed E-state index contributed by atoms with van der Waals surface area (Å²) < 4.78 is 2.35. The monoisotopic (exact) mass is 485 g/mol. The molecule has 4 heteroatoms. The van der Waals surface area contributed by atoms with Crippen LogP contribution in [0.3, 0.4) is 0 Å². The Hall–Kier alpha value is -4.96. The first-order valence-corrected chi connectivity index (χ1v) is 12.9. The van der Waals surface area contributed by atoms with Gasteiger partial charge in [-0.2, -0.15) is 0 Å². The molecule has 3 nitrogen and oxygen atoms in total. The molecule has 0 saturated heterocycles. The second-order valence-electron chi connectivity index (χ2n) is 9.61. The lowest BCUT2D eigenvalue weighted by molar-refractivity contribution is 1.17. The van der Waals surface area contributed by atoms with E-state index >= 15 is 0 Å². The van der Waals surface area contributed by atoms with Crippen LogP contribution in [0.15, 0.2) is 133 Å². The van der Waals surface area contributed by atoms with E-state index in [2.05, 4.69) is 109 Å². The molecule has 38 heavy (non-hydrogen) atoms. The summed E-state index contributed by atoms with van der Waals surface area (Å²) in [6.45, 7) is 0. The normalized spacial score (nSPS) is 11.3. The molecule has 0 amide bonds. The molecule has 7 aromatic rings. The third-order valence-corrected chi connectivity index (χ3v) is 7.08. The summed E-state index contributed by atoms with van der Waals surface area (Å²) in [5, 5.41) is 2.54. The quantitative estimate of drug-likeness (QED) is 0.256. The van der Waals surface area contributed by atoms with Crippen molar-refractivity contribution in [3.05, 3.63) is 133 Å². The zero-order valence-electron chi connectivity index (χ0n) is 21.0. The van der Waals surface area contributed by atoms with Crippen molar-refractivity contribution >= 4 is 35.1 Å². The standard InChI is InChI=1S/C34H24BN3/c35-26-17-20-29-28-13-7-8-14-32(28)38(33(29)21-26)27-18-15-24(16-19-27)31-22-30(23-9-3-1-4-10-23)36-34(37-31)25-11-5-2-6-12-25/h1-22H,35H2. The van der Waals surface area contributed by atoms with Crippen LogP contribution in [0.25, 0.3) is 61.4 Å². The summed E-state index contributed by atoms with van der Waals surface area (Å²) in [6.07, 6.45) is 0. The van der Waals surface area contributed by atoms with Gasteiger partial charge in [0.25, 0.3) is 0 Å². The maximum atomic E-state index is 4.99. The number of hydrogen-bond donors (Lipinski definition) is 0.